The Labute approximate surface area is 164 Å². The predicted octanol–water partition coefficient (Wildman–Crippen LogP) is 4.05. The summed E-state index contributed by atoms with van der Waals surface area (Å²) in [6, 6.07) is 6.99. The molecule has 3 rings (SSSR count). The highest BCUT2D eigenvalue weighted by atomic mass is 35.5. The highest BCUT2D eigenvalue weighted by molar-refractivity contribution is 7.12. The first-order valence-corrected chi connectivity index (χ1v) is 9.34. The summed E-state index contributed by atoms with van der Waals surface area (Å²) >= 11 is 13.6. The fourth-order valence-corrected chi connectivity index (χ4v) is 3.75. The maximum Gasteiger partial charge on any atom is 0.267 e. The molecule has 0 aliphatic rings. The van der Waals surface area contributed by atoms with Crippen molar-refractivity contribution in [3.8, 4) is 17.0 Å². The fourth-order valence-electron chi connectivity index (χ4n) is 2.44. The Morgan fingerprint density at radius 2 is 2.15 bits per heavy atom. The van der Waals surface area contributed by atoms with Crippen molar-refractivity contribution in [2.24, 2.45) is 12.8 Å². The van der Waals surface area contributed by atoms with Crippen LogP contribution in [-0.2, 0) is 7.05 Å². The van der Waals surface area contributed by atoms with Gasteiger partial charge in [-0.2, -0.15) is 5.10 Å². The first kappa shape index (κ1) is 18.7. The van der Waals surface area contributed by atoms with Crippen LogP contribution in [0.1, 0.15) is 9.67 Å². The van der Waals surface area contributed by atoms with Gasteiger partial charge in [-0.25, -0.2) is 0 Å². The topological polar surface area (TPSA) is 82.2 Å². The van der Waals surface area contributed by atoms with Crippen LogP contribution in [0.2, 0.25) is 10.0 Å². The lowest BCUT2D eigenvalue weighted by Crippen LogP contribution is -2.13. The lowest BCUT2D eigenvalue weighted by Gasteiger charge is -2.14. The van der Waals surface area contributed by atoms with Gasteiger partial charge in [0.05, 0.1) is 21.9 Å². The van der Waals surface area contributed by atoms with E-state index in [4.69, 9.17) is 33.7 Å². The molecule has 0 unspecified atom stereocenters. The highest BCUT2D eigenvalue weighted by Gasteiger charge is 2.17. The predicted molar refractivity (Wildman–Crippen MR) is 105 cm³/mol. The summed E-state index contributed by atoms with van der Waals surface area (Å²) in [7, 11) is 1.78. The molecule has 0 bridgehead atoms. The summed E-state index contributed by atoms with van der Waals surface area (Å²) in [5.41, 5.74) is 7.51. The van der Waals surface area contributed by atoms with Crippen LogP contribution in [0.25, 0.3) is 11.3 Å². The van der Waals surface area contributed by atoms with Crippen molar-refractivity contribution in [1.82, 2.24) is 9.78 Å². The molecule has 0 aliphatic carbocycles. The van der Waals surface area contributed by atoms with E-state index in [2.05, 4.69) is 10.4 Å². The van der Waals surface area contributed by atoms with Gasteiger partial charge in [-0.15, -0.1) is 11.3 Å². The van der Waals surface area contributed by atoms with Crippen LogP contribution in [0, 0.1) is 0 Å². The highest BCUT2D eigenvalue weighted by Crippen LogP contribution is 2.36. The summed E-state index contributed by atoms with van der Waals surface area (Å²) in [5.74, 6) is 0.329. The van der Waals surface area contributed by atoms with Crippen molar-refractivity contribution in [3.05, 3.63) is 50.8 Å². The molecular formula is C17H16Cl2N4O2S. The largest absolute Gasteiger partial charge is 0.492 e. The second kappa shape index (κ2) is 8.09. The van der Waals surface area contributed by atoms with Crippen LogP contribution in [0.15, 0.2) is 35.8 Å². The van der Waals surface area contributed by atoms with Gasteiger partial charge in [-0.3, -0.25) is 9.48 Å². The quantitative estimate of drug-likeness (QED) is 0.641. The number of nitrogens with two attached hydrogens (primary N) is 1. The van der Waals surface area contributed by atoms with E-state index in [-0.39, 0.29) is 5.91 Å². The van der Waals surface area contributed by atoms with E-state index < -0.39 is 0 Å². The fraction of sp³-hybridized carbons (Fsp3) is 0.176. The lowest BCUT2D eigenvalue weighted by molar-refractivity contribution is 0.103. The van der Waals surface area contributed by atoms with Gasteiger partial charge >= 0.3 is 0 Å². The minimum atomic E-state index is -0.275. The van der Waals surface area contributed by atoms with Crippen LogP contribution in [-0.4, -0.2) is 28.8 Å². The van der Waals surface area contributed by atoms with E-state index in [1.807, 2.05) is 0 Å². The minimum absolute atomic E-state index is 0.275. The van der Waals surface area contributed by atoms with E-state index in [0.29, 0.717) is 50.8 Å². The summed E-state index contributed by atoms with van der Waals surface area (Å²) in [4.78, 5) is 12.9. The van der Waals surface area contributed by atoms with Crippen LogP contribution in [0.4, 0.5) is 5.69 Å². The average Bonchev–Trinajstić information content (AvgIpc) is 3.19. The third-order valence-corrected chi connectivity index (χ3v) is 5.20. The van der Waals surface area contributed by atoms with Crippen LogP contribution in [0.3, 0.4) is 0 Å². The number of thiophene rings is 1. The zero-order valence-electron chi connectivity index (χ0n) is 13.8. The molecule has 2 aromatic heterocycles. The Balaban J connectivity index is 1.97. The maximum atomic E-state index is 12.4. The SMILES string of the molecule is Cn1ncc(Cl)c1-c1cc(NC(=O)c2sccc2Cl)ccc1OCCN. The van der Waals surface area contributed by atoms with E-state index in [1.165, 1.54) is 11.3 Å². The number of halogens is 2. The van der Waals surface area contributed by atoms with Crippen molar-refractivity contribution in [1.29, 1.82) is 0 Å². The van der Waals surface area contributed by atoms with Crippen molar-refractivity contribution in [2.45, 2.75) is 0 Å². The molecule has 0 atom stereocenters. The molecule has 3 N–H and O–H groups in total. The number of hydrogen-bond donors (Lipinski definition) is 2. The van der Waals surface area contributed by atoms with E-state index in [9.17, 15) is 4.79 Å². The normalized spacial score (nSPS) is 10.8. The monoisotopic (exact) mass is 410 g/mol. The number of anilines is 1. The van der Waals surface area contributed by atoms with Gasteiger partial charge in [0.1, 0.15) is 17.2 Å². The molecule has 0 fully saturated rings. The van der Waals surface area contributed by atoms with Crippen molar-refractivity contribution >= 4 is 46.1 Å². The first-order chi connectivity index (χ1) is 12.5. The molecule has 0 aliphatic heterocycles. The van der Waals surface area contributed by atoms with E-state index in [0.717, 1.165) is 0 Å². The van der Waals surface area contributed by atoms with Crippen molar-refractivity contribution < 1.29 is 9.53 Å². The summed E-state index contributed by atoms with van der Waals surface area (Å²) in [6.45, 7) is 0.743. The molecule has 0 spiro atoms. The molecule has 3 aromatic rings. The van der Waals surface area contributed by atoms with Crippen molar-refractivity contribution in [2.75, 3.05) is 18.5 Å². The molecule has 0 saturated heterocycles. The molecule has 0 radical (unpaired) electrons. The number of rotatable bonds is 6. The maximum absolute atomic E-state index is 12.4. The van der Waals surface area contributed by atoms with Gasteiger partial charge in [-0.05, 0) is 29.6 Å². The number of carbonyl (C=O) groups excluding carboxylic acids is 1. The summed E-state index contributed by atoms with van der Waals surface area (Å²) < 4.78 is 7.36. The van der Waals surface area contributed by atoms with Crippen LogP contribution in [0.5, 0.6) is 5.75 Å². The molecule has 0 saturated carbocycles. The van der Waals surface area contributed by atoms with E-state index >= 15 is 0 Å². The smallest absolute Gasteiger partial charge is 0.267 e. The first-order valence-electron chi connectivity index (χ1n) is 7.70. The molecule has 1 aromatic carbocycles. The zero-order valence-corrected chi connectivity index (χ0v) is 16.2. The molecule has 1 amide bonds. The number of aromatic nitrogens is 2. The van der Waals surface area contributed by atoms with Gasteiger partial charge in [-0.1, -0.05) is 23.2 Å². The van der Waals surface area contributed by atoms with Gasteiger partial charge in [0.2, 0.25) is 0 Å². The van der Waals surface area contributed by atoms with Crippen molar-refractivity contribution in [3.63, 3.8) is 0 Å². The number of benzene rings is 1. The minimum Gasteiger partial charge on any atom is -0.492 e. The third-order valence-electron chi connectivity index (χ3n) is 3.59. The number of ether oxygens (including phenoxy) is 1. The number of hydrogen-bond acceptors (Lipinski definition) is 5. The Kier molecular flexibility index (Phi) is 5.83. The molecule has 9 heteroatoms. The second-order valence-corrected chi connectivity index (χ2v) is 7.10. The van der Waals surface area contributed by atoms with Gasteiger partial charge in [0.25, 0.3) is 5.91 Å². The summed E-state index contributed by atoms with van der Waals surface area (Å²) in [5, 5.41) is 9.67. The molecule has 2 heterocycles. The third kappa shape index (κ3) is 3.86. The van der Waals surface area contributed by atoms with E-state index in [1.54, 1.807) is 47.6 Å². The van der Waals surface area contributed by atoms with Crippen LogP contribution < -0.4 is 15.8 Å². The second-order valence-electron chi connectivity index (χ2n) is 5.36. The van der Waals surface area contributed by atoms with Gasteiger partial charge in [0, 0.05) is 24.8 Å². The number of nitrogens with one attached hydrogen (secondary N) is 1. The number of amides is 1. The molecule has 26 heavy (non-hydrogen) atoms. The molecular weight excluding hydrogens is 395 g/mol. The van der Waals surface area contributed by atoms with Crippen LogP contribution >= 0.6 is 34.5 Å². The number of carbonyl (C=O) groups is 1. The average molecular weight is 411 g/mol. The summed E-state index contributed by atoms with van der Waals surface area (Å²) in [6.07, 6.45) is 1.56. The standard InChI is InChI=1S/C17H16Cl2N4O2S/c1-23-15(13(19)9-21-23)11-8-10(2-3-14(11)25-6-5-20)22-17(24)16-12(18)4-7-26-16/h2-4,7-9H,5-6,20H2,1H3,(H,22,24). The molecule has 136 valence electrons. The van der Waals surface area contributed by atoms with Gasteiger partial charge < -0.3 is 15.8 Å². The Morgan fingerprint density at radius 1 is 1.35 bits per heavy atom. The lowest BCUT2D eigenvalue weighted by atomic mass is 10.1. The Bertz CT molecular complexity index is 919. The molecule has 6 nitrogen and oxygen atoms in total. The zero-order chi connectivity index (χ0) is 18.7. The Hall–Kier alpha value is -2.06. The van der Waals surface area contributed by atoms with Gasteiger partial charge in [0.15, 0.2) is 0 Å². The Morgan fingerprint density at radius 3 is 2.77 bits per heavy atom. The number of aryl methyl sites for hydroxylation is 1. The number of nitrogens with zero attached hydrogens (tertiary/aromatic N) is 2.